The largest absolute Gasteiger partial charge is 0.380 e. The van der Waals surface area contributed by atoms with Gasteiger partial charge < -0.3 is 19.5 Å². The molecule has 0 saturated heterocycles. The van der Waals surface area contributed by atoms with Crippen LogP contribution in [0.15, 0.2) is 0 Å². The van der Waals surface area contributed by atoms with Crippen LogP contribution in [-0.4, -0.2) is 45.8 Å². The molecular formula is C10H23NO3. The lowest BCUT2D eigenvalue weighted by Gasteiger charge is -2.17. The first-order chi connectivity index (χ1) is 6.85. The minimum atomic E-state index is -0.133. The van der Waals surface area contributed by atoms with Gasteiger partial charge in [-0.15, -0.1) is 0 Å². The second kappa shape index (κ2) is 10.9. The summed E-state index contributed by atoms with van der Waals surface area (Å²) in [6.07, 6.45) is -0.133. The van der Waals surface area contributed by atoms with Crippen molar-refractivity contribution in [1.82, 2.24) is 5.32 Å². The quantitative estimate of drug-likeness (QED) is 0.427. The zero-order valence-electron chi connectivity index (χ0n) is 9.54. The van der Waals surface area contributed by atoms with Crippen LogP contribution >= 0.6 is 0 Å². The van der Waals surface area contributed by atoms with Crippen molar-refractivity contribution < 1.29 is 14.2 Å². The van der Waals surface area contributed by atoms with E-state index in [1.165, 1.54) is 0 Å². The van der Waals surface area contributed by atoms with E-state index >= 15 is 0 Å². The molecule has 0 atom stereocenters. The molecule has 0 radical (unpaired) electrons. The van der Waals surface area contributed by atoms with Gasteiger partial charge in [0.15, 0.2) is 6.29 Å². The molecule has 14 heavy (non-hydrogen) atoms. The Bertz CT molecular complexity index is 106. The predicted octanol–water partition coefficient (Wildman–Crippen LogP) is 1.01. The highest BCUT2D eigenvalue weighted by Crippen LogP contribution is 1.92. The maximum Gasteiger partial charge on any atom is 0.169 e. The van der Waals surface area contributed by atoms with E-state index in [0.29, 0.717) is 13.2 Å². The smallest absolute Gasteiger partial charge is 0.169 e. The minimum Gasteiger partial charge on any atom is -0.380 e. The molecule has 0 spiro atoms. The highest BCUT2D eigenvalue weighted by atomic mass is 16.7. The first-order valence-electron chi connectivity index (χ1n) is 5.36. The van der Waals surface area contributed by atoms with Crippen LogP contribution in [0.1, 0.15) is 20.8 Å². The van der Waals surface area contributed by atoms with Crippen LogP contribution in [0.25, 0.3) is 0 Å². The molecule has 0 saturated carbocycles. The van der Waals surface area contributed by atoms with E-state index in [2.05, 4.69) is 5.32 Å². The summed E-state index contributed by atoms with van der Waals surface area (Å²) in [7, 11) is 0. The van der Waals surface area contributed by atoms with E-state index in [1.807, 2.05) is 20.8 Å². The van der Waals surface area contributed by atoms with Gasteiger partial charge in [-0.1, -0.05) is 0 Å². The monoisotopic (exact) mass is 205 g/mol. The average Bonchev–Trinajstić information content (AvgIpc) is 2.18. The Kier molecular flexibility index (Phi) is 10.8. The van der Waals surface area contributed by atoms with E-state index in [1.54, 1.807) is 0 Å². The van der Waals surface area contributed by atoms with Crippen molar-refractivity contribution in [3.05, 3.63) is 0 Å². The Labute approximate surface area is 86.9 Å². The van der Waals surface area contributed by atoms with Crippen LogP contribution in [0, 0.1) is 0 Å². The Hall–Kier alpha value is -0.160. The van der Waals surface area contributed by atoms with Crippen LogP contribution < -0.4 is 5.32 Å². The summed E-state index contributed by atoms with van der Waals surface area (Å²) in [5.74, 6) is 0. The molecule has 0 bridgehead atoms. The summed E-state index contributed by atoms with van der Waals surface area (Å²) >= 11 is 0. The van der Waals surface area contributed by atoms with Gasteiger partial charge >= 0.3 is 0 Å². The van der Waals surface area contributed by atoms with Crippen molar-refractivity contribution in [1.29, 1.82) is 0 Å². The molecule has 1 N–H and O–H groups in total. The lowest BCUT2D eigenvalue weighted by molar-refractivity contribution is -0.133. The van der Waals surface area contributed by atoms with Crippen molar-refractivity contribution in [2.75, 3.05) is 39.5 Å². The van der Waals surface area contributed by atoms with Crippen LogP contribution in [0.2, 0.25) is 0 Å². The van der Waals surface area contributed by atoms with Crippen molar-refractivity contribution in [2.24, 2.45) is 0 Å². The molecule has 0 aromatic rings. The van der Waals surface area contributed by atoms with E-state index < -0.39 is 0 Å². The fraction of sp³-hybridized carbons (Fsp3) is 1.00. The van der Waals surface area contributed by atoms with Crippen molar-refractivity contribution >= 4 is 0 Å². The number of rotatable bonds is 10. The van der Waals surface area contributed by atoms with Gasteiger partial charge in [0, 0.05) is 32.9 Å². The number of hydrogen-bond donors (Lipinski definition) is 1. The fourth-order valence-corrected chi connectivity index (χ4v) is 1.05. The molecule has 0 aromatic carbocycles. The molecule has 0 aromatic heterocycles. The van der Waals surface area contributed by atoms with E-state index in [-0.39, 0.29) is 6.29 Å². The highest BCUT2D eigenvalue weighted by molar-refractivity contribution is 4.51. The van der Waals surface area contributed by atoms with E-state index in [9.17, 15) is 0 Å². The summed E-state index contributed by atoms with van der Waals surface area (Å²) in [5, 5.41) is 3.21. The maximum atomic E-state index is 5.36. The van der Waals surface area contributed by atoms with Crippen molar-refractivity contribution in [3.8, 4) is 0 Å². The van der Waals surface area contributed by atoms with Crippen LogP contribution in [0.4, 0.5) is 0 Å². The molecule has 0 fully saturated rings. The van der Waals surface area contributed by atoms with Crippen molar-refractivity contribution in [3.63, 3.8) is 0 Å². The molecule has 0 aliphatic rings. The lowest BCUT2D eigenvalue weighted by atomic mass is 10.5. The number of ether oxygens (including phenoxy) is 3. The van der Waals surface area contributed by atoms with E-state index in [4.69, 9.17) is 14.2 Å². The summed E-state index contributed by atoms with van der Waals surface area (Å²) in [6.45, 7) is 10.3. The van der Waals surface area contributed by atoms with Gasteiger partial charge in [-0.2, -0.15) is 0 Å². The molecule has 0 aliphatic carbocycles. The van der Waals surface area contributed by atoms with Crippen LogP contribution in [0.3, 0.4) is 0 Å². The van der Waals surface area contributed by atoms with Gasteiger partial charge in [0.2, 0.25) is 0 Å². The average molecular weight is 205 g/mol. The summed E-state index contributed by atoms with van der Waals surface area (Å²) < 4.78 is 15.9. The van der Waals surface area contributed by atoms with Gasteiger partial charge in [-0.05, 0) is 20.8 Å². The Morgan fingerprint density at radius 1 is 1.00 bits per heavy atom. The molecule has 4 nitrogen and oxygen atoms in total. The minimum absolute atomic E-state index is 0.133. The Morgan fingerprint density at radius 3 is 2.14 bits per heavy atom. The Balaban J connectivity index is 3.30. The third-order valence-corrected chi connectivity index (χ3v) is 1.64. The molecule has 4 heteroatoms. The second-order valence-corrected chi connectivity index (χ2v) is 2.74. The van der Waals surface area contributed by atoms with Gasteiger partial charge in [0.25, 0.3) is 0 Å². The van der Waals surface area contributed by atoms with Crippen molar-refractivity contribution in [2.45, 2.75) is 27.1 Å². The first-order valence-corrected chi connectivity index (χ1v) is 5.36. The third-order valence-electron chi connectivity index (χ3n) is 1.64. The SMILES string of the molecule is CCOCCNCC(OCC)OCC. The molecule has 0 unspecified atom stereocenters. The maximum absolute atomic E-state index is 5.36. The molecule has 0 heterocycles. The number of nitrogens with one attached hydrogen (secondary N) is 1. The summed E-state index contributed by atoms with van der Waals surface area (Å²) in [5.41, 5.74) is 0. The summed E-state index contributed by atoms with van der Waals surface area (Å²) in [4.78, 5) is 0. The normalized spacial score (nSPS) is 11.1. The molecule has 0 rings (SSSR count). The van der Waals surface area contributed by atoms with Gasteiger partial charge in [-0.25, -0.2) is 0 Å². The molecule has 0 amide bonds. The predicted molar refractivity (Wildman–Crippen MR) is 56.4 cm³/mol. The molecule has 0 aliphatic heterocycles. The zero-order valence-corrected chi connectivity index (χ0v) is 9.54. The fourth-order valence-electron chi connectivity index (χ4n) is 1.05. The van der Waals surface area contributed by atoms with Crippen LogP contribution in [0.5, 0.6) is 0 Å². The highest BCUT2D eigenvalue weighted by Gasteiger charge is 2.05. The number of hydrogen-bond acceptors (Lipinski definition) is 4. The van der Waals surface area contributed by atoms with Gasteiger partial charge in [0.05, 0.1) is 6.61 Å². The lowest BCUT2D eigenvalue weighted by Crippen LogP contribution is -2.33. The van der Waals surface area contributed by atoms with Gasteiger partial charge in [-0.3, -0.25) is 0 Å². The first kappa shape index (κ1) is 13.8. The van der Waals surface area contributed by atoms with E-state index in [0.717, 1.165) is 26.3 Å². The van der Waals surface area contributed by atoms with Crippen LogP contribution in [-0.2, 0) is 14.2 Å². The molecular weight excluding hydrogens is 182 g/mol. The Morgan fingerprint density at radius 2 is 1.64 bits per heavy atom. The zero-order chi connectivity index (χ0) is 10.6. The topological polar surface area (TPSA) is 39.7 Å². The second-order valence-electron chi connectivity index (χ2n) is 2.74. The summed E-state index contributed by atoms with van der Waals surface area (Å²) in [6, 6.07) is 0. The standard InChI is InChI=1S/C10H23NO3/c1-4-12-8-7-11-9-10(13-5-2)14-6-3/h10-11H,4-9H2,1-3H3. The molecule has 86 valence electrons. The third kappa shape index (κ3) is 8.44. The van der Waals surface area contributed by atoms with Gasteiger partial charge in [0.1, 0.15) is 0 Å².